The van der Waals surface area contributed by atoms with Crippen LogP contribution >= 0.6 is 11.6 Å². The van der Waals surface area contributed by atoms with Crippen LogP contribution in [0, 0.1) is 5.92 Å². The van der Waals surface area contributed by atoms with Crippen molar-refractivity contribution in [2.45, 2.75) is 38.1 Å². The van der Waals surface area contributed by atoms with Crippen molar-refractivity contribution in [3.8, 4) is 11.1 Å². The molecule has 3 N–H and O–H groups in total. The van der Waals surface area contributed by atoms with Crippen LogP contribution in [0.1, 0.15) is 31.2 Å². The summed E-state index contributed by atoms with van der Waals surface area (Å²) in [6.07, 6.45) is 7.18. The minimum Gasteiger partial charge on any atom is -0.369 e. The maximum absolute atomic E-state index is 12.6. The van der Waals surface area contributed by atoms with Gasteiger partial charge in [-0.2, -0.15) is 0 Å². The van der Waals surface area contributed by atoms with Gasteiger partial charge < -0.3 is 20.9 Å². The first-order valence-corrected chi connectivity index (χ1v) is 11.8. The molecule has 0 spiro atoms. The van der Waals surface area contributed by atoms with E-state index in [4.69, 9.17) is 11.6 Å². The zero-order valence-corrected chi connectivity index (χ0v) is 18.5. The molecule has 1 aromatic carbocycles. The fraction of sp³-hybridized carbons (Fsp3) is 0.500. The number of halogens is 1. The van der Waals surface area contributed by atoms with Crippen LogP contribution in [-0.2, 0) is 11.2 Å². The Hall–Kier alpha value is -2.15. The Morgan fingerprint density at radius 2 is 2.13 bits per heavy atom. The average Bonchev–Trinajstić information content (AvgIpc) is 3.46. The minimum absolute atomic E-state index is 0.00701. The number of nitrogens with one attached hydrogen (secondary N) is 3. The number of amides is 1. The molecule has 3 aliphatic rings. The van der Waals surface area contributed by atoms with Gasteiger partial charge >= 0.3 is 0 Å². The molecule has 1 amide bonds. The lowest BCUT2D eigenvalue weighted by Crippen LogP contribution is -2.37. The number of benzene rings is 1. The van der Waals surface area contributed by atoms with Gasteiger partial charge in [0.05, 0.1) is 10.9 Å². The number of carbonyl (C=O) groups is 1. The van der Waals surface area contributed by atoms with Crippen molar-refractivity contribution in [1.29, 1.82) is 0 Å². The summed E-state index contributed by atoms with van der Waals surface area (Å²) >= 11 is 6.53. The molecule has 2 fully saturated rings. The number of fused-ring (bicyclic) bond motifs is 1. The molecule has 2 saturated heterocycles. The van der Waals surface area contributed by atoms with Crippen LogP contribution in [0.25, 0.3) is 11.1 Å². The normalized spacial score (nSPS) is 23.1. The molecule has 164 valence electrons. The van der Waals surface area contributed by atoms with E-state index in [9.17, 15) is 4.79 Å². The Kier molecular flexibility index (Phi) is 6.12. The Balaban J connectivity index is 1.36. The van der Waals surface area contributed by atoms with E-state index < -0.39 is 0 Å². The van der Waals surface area contributed by atoms with Crippen molar-refractivity contribution >= 4 is 29.0 Å². The van der Waals surface area contributed by atoms with E-state index in [0.717, 1.165) is 63.1 Å². The van der Waals surface area contributed by atoms with E-state index >= 15 is 0 Å². The predicted molar refractivity (Wildman–Crippen MR) is 126 cm³/mol. The number of aromatic nitrogens is 1. The number of anilines is 2. The Morgan fingerprint density at radius 1 is 1.23 bits per heavy atom. The summed E-state index contributed by atoms with van der Waals surface area (Å²) in [7, 11) is 0. The van der Waals surface area contributed by atoms with Gasteiger partial charge in [-0.05, 0) is 68.5 Å². The topological polar surface area (TPSA) is 69.3 Å². The van der Waals surface area contributed by atoms with Crippen molar-refractivity contribution in [2.75, 3.05) is 42.9 Å². The summed E-state index contributed by atoms with van der Waals surface area (Å²) < 4.78 is 0. The van der Waals surface area contributed by atoms with Crippen molar-refractivity contribution < 1.29 is 4.79 Å². The fourth-order valence-corrected chi connectivity index (χ4v) is 5.23. The molecule has 7 heteroatoms. The molecule has 6 nitrogen and oxygen atoms in total. The molecule has 2 atom stereocenters. The summed E-state index contributed by atoms with van der Waals surface area (Å²) in [6.45, 7) is 4.96. The van der Waals surface area contributed by atoms with E-state index in [2.05, 4.69) is 44.0 Å². The molecule has 4 heterocycles. The quantitative estimate of drug-likeness (QED) is 0.665. The lowest BCUT2D eigenvalue weighted by molar-refractivity contribution is -0.120. The number of pyridine rings is 1. The summed E-state index contributed by atoms with van der Waals surface area (Å²) in [6, 6.07) is 9.07. The molecule has 0 radical (unpaired) electrons. The van der Waals surface area contributed by atoms with Crippen molar-refractivity contribution in [2.24, 2.45) is 5.92 Å². The second-order valence-corrected chi connectivity index (χ2v) is 9.32. The van der Waals surface area contributed by atoms with Crippen LogP contribution in [-0.4, -0.2) is 49.7 Å². The molecule has 2 aromatic rings. The standard InChI is InChI=1S/C24H30ClN5O/c25-21-14-28-23(29-24(31)18-3-1-8-26-13-18)12-20(21)17-6-5-16-7-10-30(22(16)11-17)15-19-4-2-9-27-19/h5-6,11-12,14,18-19,26-27H,1-4,7-10,13,15H2,(H,28,29,31). The maximum atomic E-state index is 12.6. The monoisotopic (exact) mass is 439 g/mol. The number of nitrogens with zero attached hydrogens (tertiary/aromatic N) is 2. The van der Waals surface area contributed by atoms with Gasteiger partial charge in [0.1, 0.15) is 5.82 Å². The second-order valence-electron chi connectivity index (χ2n) is 8.91. The third-order valence-corrected chi connectivity index (χ3v) is 7.07. The molecule has 0 aliphatic carbocycles. The highest BCUT2D eigenvalue weighted by atomic mass is 35.5. The summed E-state index contributed by atoms with van der Waals surface area (Å²) in [4.78, 5) is 19.5. The summed E-state index contributed by atoms with van der Waals surface area (Å²) in [5.74, 6) is 0.576. The lowest BCUT2D eigenvalue weighted by atomic mass is 9.99. The highest BCUT2D eigenvalue weighted by molar-refractivity contribution is 6.33. The first-order chi connectivity index (χ1) is 15.2. The van der Waals surface area contributed by atoms with Gasteiger partial charge in [0, 0.05) is 43.1 Å². The largest absolute Gasteiger partial charge is 0.369 e. The van der Waals surface area contributed by atoms with Gasteiger partial charge in [-0.25, -0.2) is 4.98 Å². The zero-order chi connectivity index (χ0) is 21.2. The van der Waals surface area contributed by atoms with Gasteiger partial charge in [-0.3, -0.25) is 4.79 Å². The second kappa shape index (κ2) is 9.15. The third kappa shape index (κ3) is 4.56. The first kappa shape index (κ1) is 20.7. The van der Waals surface area contributed by atoms with Crippen LogP contribution in [0.2, 0.25) is 5.02 Å². The molecule has 0 saturated carbocycles. The number of hydrogen-bond acceptors (Lipinski definition) is 5. The summed E-state index contributed by atoms with van der Waals surface area (Å²) in [5, 5.41) is 10.5. The van der Waals surface area contributed by atoms with Crippen molar-refractivity contribution in [1.82, 2.24) is 15.6 Å². The Labute approximate surface area is 188 Å². The molecular weight excluding hydrogens is 410 g/mol. The number of carbonyl (C=O) groups excluding carboxylic acids is 1. The van der Waals surface area contributed by atoms with Crippen molar-refractivity contribution in [3.05, 3.63) is 41.0 Å². The Bertz CT molecular complexity index is 953. The molecular formula is C24H30ClN5O. The fourth-order valence-electron chi connectivity index (χ4n) is 5.01. The minimum atomic E-state index is -0.00701. The van der Waals surface area contributed by atoms with Crippen LogP contribution in [0.3, 0.4) is 0 Å². The number of hydrogen-bond donors (Lipinski definition) is 3. The van der Waals surface area contributed by atoms with E-state index in [1.54, 1.807) is 6.20 Å². The van der Waals surface area contributed by atoms with Gasteiger partial charge in [-0.1, -0.05) is 23.7 Å². The van der Waals surface area contributed by atoms with Gasteiger partial charge in [0.15, 0.2) is 0 Å². The zero-order valence-electron chi connectivity index (χ0n) is 17.8. The predicted octanol–water partition coefficient (Wildman–Crippen LogP) is 3.45. The highest BCUT2D eigenvalue weighted by Crippen LogP contribution is 2.36. The van der Waals surface area contributed by atoms with E-state index in [1.165, 1.54) is 24.1 Å². The van der Waals surface area contributed by atoms with Crippen LogP contribution in [0.15, 0.2) is 30.5 Å². The average molecular weight is 440 g/mol. The van der Waals surface area contributed by atoms with Crippen LogP contribution in [0.4, 0.5) is 11.5 Å². The molecule has 3 aliphatic heterocycles. The van der Waals surface area contributed by atoms with Crippen LogP contribution < -0.4 is 20.9 Å². The number of piperidine rings is 1. The summed E-state index contributed by atoms with van der Waals surface area (Å²) in [5.41, 5.74) is 4.66. The lowest BCUT2D eigenvalue weighted by Gasteiger charge is -2.24. The number of rotatable bonds is 5. The molecule has 1 aromatic heterocycles. The molecule has 31 heavy (non-hydrogen) atoms. The molecule has 2 unspecified atom stereocenters. The smallest absolute Gasteiger partial charge is 0.229 e. The SMILES string of the molecule is O=C(Nc1cc(-c2ccc3c(c2)N(CC2CCCN2)CC3)c(Cl)cn1)C1CCCNC1. The van der Waals surface area contributed by atoms with Gasteiger partial charge in [0.25, 0.3) is 0 Å². The van der Waals surface area contributed by atoms with E-state index in [0.29, 0.717) is 16.9 Å². The van der Waals surface area contributed by atoms with E-state index in [-0.39, 0.29) is 11.8 Å². The Morgan fingerprint density at radius 3 is 2.94 bits per heavy atom. The van der Waals surface area contributed by atoms with Crippen molar-refractivity contribution in [3.63, 3.8) is 0 Å². The van der Waals surface area contributed by atoms with Crippen LogP contribution in [0.5, 0.6) is 0 Å². The first-order valence-electron chi connectivity index (χ1n) is 11.5. The third-order valence-electron chi connectivity index (χ3n) is 6.77. The van der Waals surface area contributed by atoms with Gasteiger partial charge in [0.2, 0.25) is 5.91 Å². The van der Waals surface area contributed by atoms with E-state index in [1.807, 2.05) is 6.07 Å². The molecule has 5 rings (SSSR count). The van der Waals surface area contributed by atoms with Gasteiger partial charge in [-0.15, -0.1) is 0 Å². The highest BCUT2D eigenvalue weighted by Gasteiger charge is 2.25. The maximum Gasteiger partial charge on any atom is 0.229 e. The molecule has 0 bridgehead atoms.